The monoisotopic (exact) mass is 357 g/mol. The van der Waals surface area contributed by atoms with E-state index in [1.165, 1.54) is 38.5 Å². The maximum Gasteiger partial charge on any atom is 0.500 e. The van der Waals surface area contributed by atoms with Crippen molar-refractivity contribution in [3.8, 4) is 0 Å². The molecule has 0 aromatic carbocycles. The smallest absolute Gasteiger partial charge is 0.377 e. The maximum atomic E-state index is 5.45. The highest BCUT2D eigenvalue weighted by Gasteiger charge is 2.36. The van der Waals surface area contributed by atoms with Gasteiger partial charge in [-0.1, -0.05) is 39.0 Å². The Labute approximate surface area is 148 Å². The van der Waals surface area contributed by atoms with Crippen LogP contribution in [0, 0.1) is 6.92 Å². The number of hydrogen-bond donors (Lipinski definition) is 0. The van der Waals surface area contributed by atoms with Crippen molar-refractivity contribution in [1.29, 1.82) is 0 Å². The van der Waals surface area contributed by atoms with Gasteiger partial charge < -0.3 is 13.3 Å². The van der Waals surface area contributed by atoms with Crippen LogP contribution in [0.2, 0.25) is 6.04 Å². The summed E-state index contributed by atoms with van der Waals surface area (Å²) in [5.74, 6) is 1.95. The third kappa shape index (κ3) is 7.00. The van der Waals surface area contributed by atoms with Crippen molar-refractivity contribution in [2.24, 2.45) is 0 Å². The van der Waals surface area contributed by atoms with Gasteiger partial charge in [0.15, 0.2) is 5.82 Å². The van der Waals surface area contributed by atoms with E-state index in [1.807, 2.05) is 11.6 Å². The lowest BCUT2D eigenvalue weighted by Gasteiger charge is -2.24. The SMILES string of the molecule is CCCCCCCCc1nc(C)n(CCC[Si](OC)(OC)OC)n1. The number of rotatable bonds is 14. The van der Waals surface area contributed by atoms with Crippen molar-refractivity contribution >= 4 is 8.80 Å². The Balaban J connectivity index is 2.35. The van der Waals surface area contributed by atoms with Crippen LogP contribution in [0.5, 0.6) is 0 Å². The van der Waals surface area contributed by atoms with E-state index in [9.17, 15) is 0 Å². The highest BCUT2D eigenvalue weighted by molar-refractivity contribution is 6.60. The summed E-state index contributed by atoms with van der Waals surface area (Å²) in [5.41, 5.74) is 0. The van der Waals surface area contributed by atoms with E-state index in [2.05, 4.69) is 17.0 Å². The van der Waals surface area contributed by atoms with Gasteiger partial charge in [-0.15, -0.1) is 0 Å². The van der Waals surface area contributed by atoms with Gasteiger partial charge in [-0.25, -0.2) is 4.98 Å². The molecule has 1 heterocycles. The van der Waals surface area contributed by atoms with Crippen LogP contribution < -0.4 is 0 Å². The van der Waals surface area contributed by atoms with Gasteiger partial charge in [0.25, 0.3) is 0 Å². The Morgan fingerprint density at radius 2 is 1.54 bits per heavy atom. The predicted molar refractivity (Wildman–Crippen MR) is 98.0 cm³/mol. The minimum atomic E-state index is -2.48. The van der Waals surface area contributed by atoms with E-state index in [1.54, 1.807) is 21.3 Å². The van der Waals surface area contributed by atoms with E-state index in [4.69, 9.17) is 13.3 Å². The fourth-order valence-electron chi connectivity index (χ4n) is 2.86. The molecule has 1 aromatic heterocycles. The first kappa shape index (κ1) is 21.3. The summed E-state index contributed by atoms with van der Waals surface area (Å²) in [6.07, 6.45) is 9.66. The third-order valence-corrected chi connectivity index (χ3v) is 7.27. The van der Waals surface area contributed by atoms with E-state index in [-0.39, 0.29) is 0 Å². The van der Waals surface area contributed by atoms with Gasteiger partial charge in [0.1, 0.15) is 5.82 Å². The Hall–Kier alpha value is -0.763. The predicted octanol–water partition coefficient (Wildman–Crippen LogP) is 3.76. The summed E-state index contributed by atoms with van der Waals surface area (Å²) < 4.78 is 18.3. The van der Waals surface area contributed by atoms with Crippen LogP contribution in [-0.4, -0.2) is 44.9 Å². The molecule has 1 aromatic rings. The fourth-order valence-corrected chi connectivity index (χ4v) is 4.56. The number of hydrogen-bond acceptors (Lipinski definition) is 5. The van der Waals surface area contributed by atoms with Gasteiger partial charge in [-0.2, -0.15) is 5.10 Å². The van der Waals surface area contributed by atoms with Gasteiger partial charge in [0.05, 0.1) is 0 Å². The number of aryl methyl sites for hydroxylation is 3. The van der Waals surface area contributed by atoms with Crippen molar-refractivity contribution in [1.82, 2.24) is 14.8 Å². The molecule has 0 aliphatic rings. The lowest BCUT2D eigenvalue weighted by molar-refractivity contribution is 0.122. The van der Waals surface area contributed by atoms with Gasteiger partial charge in [-0.05, 0) is 19.8 Å². The van der Waals surface area contributed by atoms with Crippen LogP contribution in [0.3, 0.4) is 0 Å². The topological polar surface area (TPSA) is 58.4 Å². The van der Waals surface area contributed by atoms with E-state index < -0.39 is 8.80 Å². The summed E-state index contributed by atoms with van der Waals surface area (Å²) in [6, 6.07) is 0.780. The summed E-state index contributed by atoms with van der Waals surface area (Å²) >= 11 is 0. The Kier molecular flexibility index (Phi) is 10.4. The first-order valence-corrected chi connectivity index (χ1v) is 11.1. The molecule has 140 valence electrons. The molecule has 24 heavy (non-hydrogen) atoms. The van der Waals surface area contributed by atoms with Crippen LogP contribution >= 0.6 is 0 Å². The Morgan fingerprint density at radius 1 is 0.917 bits per heavy atom. The molecule has 0 atom stereocenters. The zero-order valence-electron chi connectivity index (χ0n) is 16.1. The minimum Gasteiger partial charge on any atom is -0.377 e. The average molecular weight is 358 g/mol. The Morgan fingerprint density at radius 3 is 2.17 bits per heavy atom. The molecule has 0 fully saturated rings. The highest BCUT2D eigenvalue weighted by Crippen LogP contribution is 2.16. The number of nitrogens with zero attached hydrogens (tertiary/aromatic N) is 3. The molecule has 0 bridgehead atoms. The molecule has 0 unspecified atom stereocenters. The summed E-state index contributed by atoms with van der Waals surface area (Å²) in [5, 5.41) is 4.64. The second-order valence-corrected chi connectivity index (χ2v) is 9.31. The molecule has 0 N–H and O–H groups in total. The van der Waals surface area contributed by atoms with Crippen molar-refractivity contribution in [2.45, 2.75) is 77.8 Å². The van der Waals surface area contributed by atoms with Gasteiger partial charge in [-0.3, -0.25) is 4.68 Å². The zero-order chi connectivity index (χ0) is 17.8. The molecule has 0 amide bonds. The fraction of sp³-hybridized carbons (Fsp3) is 0.882. The normalized spacial score (nSPS) is 12.0. The number of unbranched alkanes of at least 4 members (excludes halogenated alkanes) is 5. The van der Waals surface area contributed by atoms with Crippen LogP contribution in [0.4, 0.5) is 0 Å². The van der Waals surface area contributed by atoms with E-state index >= 15 is 0 Å². The molecule has 0 radical (unpaired) electrons. The lowest BCUT2D eigenvalue weighted by Crippen LogP contribution is -2.42. The van der Waals surface area contributed by atoms with Crippen molar-refractivity contribution < 1.29 is 13.3 Å². The van der Waals surface area contributed by atoms with E-state index in [0.717, 1.165) is 37.1 Å². The zero-order valence-corrected chi connectivity index (χ0v) is 17.1. The summed E-state index contributed by atoms with van der Waals surface area (Å²) in [6.45, 7) is 5.09. The highest BCUT2D eigenvalue weighted by atomic mass is 28.4. The minimum absolute atomic E-state index is 0.780. The molecular weight excluding hydrogens is 322 g/mol. The molecule has 0 aliphatic carbocycles. The first-order valence-electron chi connectivity index (χ1n) is 9.16. The van der Waals surface area contributed by atoms with Crippen molar-refractivity contribution in [3.05, 3.63) is 11.6 Å². The van der Waals surface area contributed by atoms with Crippen LogP contribution in [0.25, 0.3) is 0 Å². The van der Waals surface area contributed by atoms with Crippen LogP contribution in [0.1, 0.15) is 63.5 Å². The second-order valence-electron chi connectivity index (χ2n) is 6.22. The molecule has 0 saturated carbocycles. The molecular formula is C17H35N3O3Si. The number of aromatic nitrogens is 3. The average Bonchev–Trinajstić information content (AvgIpc) is 2.95. The second kappa shape index (κ2) is 11.7. The quantitative estimate of drug-likeness (QED) is 0.375. The molecule has 6 nitrogen and oxygen atoms in total. The molecule has 0 spiro atoms. The van der Waals surface area contributed by atoms with Crippen molar-refractivity contribution in [2.75, 3.05) is 21.3 Å². The standard InChI is InChI=1S/C17H35N3O3Si/c1-6-7-8-9-10-11-13-17-18-16(2)20(19-17)14-12-15-24(21-3,22-4)23-5/h6-15H2,1-5H3. The lowest BCUT2D eigenvalue weighted by atomic mass is 10.1. The summed E-state index contributed by atoms with van der Waals surface area (Å²) in [4.78, 5) is 4.59. The molecule has 1 rings (SSSR count). The first-order chi connectivity index (χ1) is 11.6. The molecule has 0 aliphatic heterocycles. The van der Waals surface area contributed by atoms with Gasteiger partial charge in [0, 0.05) is 40.3 Å². The van der Waals surface area contributed by atoms with Crippen LogP contribution in [0.15, 0.2) is 0 Å². The third-order valence-electron chi connectivity index (χ3n) is 4.44. The Bertz CT molecular complexity index is 442. The van der Waals surface area contributed by atoms with Gasteiger partial charge in [0.2, 0.25) is 0 Å². The van der Waals surface area contributed by atoms with Crippen molar-refractivity contribution in [3.63, 3.8) is 0 Å². The van der Waals surface area contributed by atoms with E-state index in [0.29, 0.717) is 0 Å². The largest absolute Gasteiger partial charge is 0.500 e. The van der Waals surface area contributed by atoms with Gasteiger partial charge >= 0.3 is 8.80 Å². The molecule has 7 heteroatoms. The van der Waals surface area contributed by atoms with Crippen LogP contribution in [-0.2, 0) is 26.2 Å². The molecule has 0 saturated heterocycles. The summed E-state index contributed by atoms with van der Waals surface area (Å²) in [7, 11) is 2.47. The maximum absolute atomic E-state index is 5.45.